The van der Waals surface area contributed by atoms with Crippen LogP contribution < -0.4 is 5.73 Å². The largest absolute Gasteiger partial charge is 0.456 e. The zero-order chi connectivity index (χ0) is 14.9. The molecule has 2 N–H and O–H groups in total. The number of nitrogens with zero attached hydrogens (tertiary/aromatic N) is 2. The predicted octanol–water partition coefficient (Wildman–Crippen LogP) is 1.95. The van der Waals surface area contributed by atoms with Gasteiger partial charge in [0.15, 0.2) is 5.69 Å². The van der Waals surface area contributed by atoms with E-state index in [1.165, 1.54) is 4.68 Å². The number of carbonyl (C=O) groups is 1. The second-order valence-corrected chi connectivity index (χ2v) is 4.33. The molecule has 0 atom stereocenters. The molecule has 0 saturated heterocycles. The molecule has 0 amide bonds. The topological polar surface area (TPSA) is 70.1 Å². The minimum absolute atomic E-state index is 0.111. The smallest absolute Gasteiger partial charge is 0.359 e. The van der Waals surface area contributed by atoms with E-state index >= 15 is 0 Å². The van der Waals surface area contributed by atoms with Crippen molar-refractivity contribution in [1.82, 2.24) is 9.78 Å². The number of nitrogens with two attached hydrogens (primary N) is 1. The maximum absolute atomic E-state index is 13.0. The van der Waals surface area contributed by atoms with Crippen LogP contribution in [0.2, 0.25) is 0 Å². The normalized spacial score (nSPS) is 10.6. The number of carbonyl (C=O) groups excluding carboxylic acids is 1. The monoisotopic (exact) mass is 281 g/mol. The van der Waals surface area contributed by atoms with Crippen LogP contribution in [-0.4, -0.2) is 15.7 Å². The van der Waals surface area contributed by atoms with Crippen LogP contribution in [-0.2, 0) is 18.4 Å². The molecule has 1 heterocycles. The minimum atomic E-state index is -0.730. The number of esters is 1. The van der Waals surface area contributed by atoms with Crippen molar-refractivity contribution in [3.05, 3.63) is 46.8 Å². The van der Waals surface area contributed by atoms with E-state index < -0.39 is 17.6 Å². The third kappa shape index (κ3) is 2.76. The van der Waals surface area contributed by atoms with Gasteiger partial charge in [0.25, 0.3) is 0 Å². The summed E-state index contributed by atoms with van der Waals surface area (Å²) in [5, 5.41) is 3.99. The van der Waals surface area contributed by atoms with Crippen molar-refractivity contribution in [1.29, 1.82) is 0 Å². The quantitative estimate of drug-likeness (QED) is 0.873. The standard InChI is InChI=1S/C13H13F2N3O2/c1-7-11(16)12(18(2)17-7)13(19)20-6-8-3-9(14)5-10(15)4-8/h3-5H,6,16H2,1-2H3. The molecular weight excluding hydrogens is 268 g/mol. The molecule has 2 aromatic rings. The molecule has 5 nitrogen and oxygen atoms in total. The Morgan fingerprint density at radius 2 is 1.95 bits per heavy atom. The second kappa shape index (κ2) is 5.28. The molecule has 0 bridgehead atoms. The van der Waals surface area contributed by atoms with Crippen LogP contribution in [0.4, 0.5) is 14.5 Å². The number of benzene rings is 1. The van der Waals surface area contributed by atoms with Gasteiger partial charge in [-0.15, -0.1) is 0 Å². The van der Waals surface area contributed by atoms with Gasteiger partial charge in [-0.05, 0) is 24.6 Å². The van der Waals surface area contributed by atoms with Crippen LogP contribution in [0.25, 0.3) is 0 Å². The van der Waals surface area contributed by atoms with Crippen molar-refractivity contribution in [2.45, 2.75) is 13.5 Å². The molecule has 0 aliphatic carbocycles. The van der Waals surface area contributed by atoms with Crippen molar-refractivity contribution in [2.24, 2.45) is 7.05 Å². The lowest BCUT2D eigenvalue weighted by Gasteiger charge is -2.06. The van der Waals surface area contributed by atoms with Gasteiger partial charge in [0.05, 0.1) is 11.4 Å². The fourth-order valence-corrected chi connectivity index (χ4v) is 1.83. The first kappa shape index (κ1) is 14.0. The number of rotatable bonds is 3. The lowest BCUT2D eigenvalue weighted by atomic mass is 10.2. The summed E-state index contributed by atoms with van der Waals surface area (Å²) in [5.74, 6) is -2.16. The van der Waals surface area contributed by atoms with Gasteiger partial charge in [-0.3, -0.25) is 4.68 Å². The van der Waals surface area contributed by atoms with Gasteiger partial charge in [-0.25, -0.2) is 13.6 Å². The van der Waals surface area contributed by atoms with Crippen LogP contribution in [0.5, 0.6) is 0 Å². The van der Waals surface area contributed by atoms with Gasteiger partial charge in [0, 0.05) is 13.1 Å². The Balaban J connectivity index is 2.12. The molecule has 1 aromatic carbocycles. The molecule has 106 valence electrons. The summed E-state index contributed by atoms with van der Waals surface area (Å²) < 4.78 is 32.3. The molecule has 0 unspecified atom stereocenters. The van der Waals surface area contributed by atoms with E-state index in [9.17, 15) is 13.6 Å². The third-order valence-electron chi connectivity index (χ3n) is 2.75. The summed E-state index contributed by atoms with van der Waals surface area (Å²) >= 11 is 0. The summed E-state index contributed by atoms with van der Waals surface area (Å²) in [6.45, 7) is 1.41. The van der Waals surface area contributed by atoms with Crippen LogP contribution in [0.3, 0.4) is 0 Å². The van der Waals surface area contributed by atoms with Crippen molar-refractivity contribution in [3.63, 3.8) is 0 Å². The Kier molecular flexibility index (Phi) is 3.69. The molecule has 2 rings (SSSR count). The van der Waals surface area contributed by atoms with E-state index in [0.29, 0.717) is 5.69 Å². The number of aromatic nitrogens is 2. The van der Waals surface area contributed by atoms with Crippen molar-refractivity contribution in [3.8, 4) is 0 Å². The molecule has 0 aliphatic rings. The van der Waals surface area contributed by atoms with Gasteiger partial charge < -0.3 is 10.5 Å². The van der Waals surface area contributed by atoms with Gasteiger partial charge in [-0.2, -0.15) is 5.10 Å². The summed E-state index contributed by atoms with van der Waals surface area (Å²) in [5.41, 5.74) is 6.78. The zero-order valence-corrected chi connectivity index (χ0v) is 11.0. The highest BCUT2D eigenvalue weighted by atomic mass is 19.1. The molecule has 20 heavy (non-hydrogen) atoms. The van der Waals surface area contributed by atoms with Gasteiger partial charge in [-0.1, -0.05) is 0 Å². The Bertz CT molecular complexity index is 648. The van der Waals surface area contributed by atoms with Crippen molar-refractivity contribution < 1.29 is 18.3 Å². The fraction of sp³-hybridized carbons (Fsp3) is 0.231. The first-order chi connectivity index (χ1) is 9.38. The van der Waals surface area contributed by atoms with E-state index in [-0.39, 0.29) is 23.6 Å². The summed E-state index contributed by atoms with van der Waals surface area (Å²) in [4.78, 5) is 11.9. The van der Waals surface area contributed by atoms with E-state index in [1.54, 1.807) is 14.0 Å². The maximum Gasteiger partial charge on any atom is 0.359 e. The molecular formula is C13H13F2N3O2. The van der Waals surface area contributed by atoms with E-state index in [4.69, 9.17) is 10.5 Å². The molecule has 0 saturated carbocycles. The second-order valence-electron chi connectivity index (χ2n) is 4.33. The maximum atomic E-state index is 13.0. The Hall–Kier alpha value is -2.44. The minimum Gasteiger partial charge on any atom is -0.456 e. The number of aryl methyl sites for hydroxylation is 2. The molecule has 0 radical (unpaired) electrons. The molecule has 7 heteroatoms. The predicted molar refractivity (Wildman–Crippen MR) is 67.8 cm³/mol. The first-order valence-electron chi connectivity index (χ1n) is 5.79. The highest BCUT2D eigenvalue weighted by Gasteiger charge is 2.19. The van der Waals surface area contributed by atoms with E-state index in [1.807, 2.05) is 0 Å². The summed E-state index contributed by atoms with van der Waals surface area (Å²) in [6, 6.07) is 2.93. The lowest BCUT2D eigenvalue weighted by Crippen LogP contribution is -2.12. The molecule has 0 fully saturated rings. The van der Waals surface area contributed by atoms with Crippen molar-refractivity contribution in [2.75, 3.05) is 5.73 Å². The van der Waals surface area contributed by atoms with E-state index in [0.717, 1.165) is 18.2 Å². The summed E-state index contributed by atoms with van der Waals surface area (Å²) in [7, 11) is 1.56. The zero-order valence-electron chi connectivity index (χ0n) is 11.0. The number of hydrogen-bond acceptors (Lipinski definition) is 4. The number of halogens is 2. The first-order valence-corrected chi connectivity index (χ1v) is 5.79. The average Bonchev–Trinajstić information content (AvgIpc) is 2.59. The molecule has 1 aromatic heterocycles. The highest BCUT2D eigenvalue weighted by molar-refractivity contribution is 5.93. The third-order valence-corrected chi connectivity index (χ3v) is 2.75. The fourth-order valence-electron chi connectivity index (χ4n) is 1.83. The van der Waals surface area contributed by atoms with Gasteiger partial charge in [0.2, 0.25) is 0 Å². The SMILES string of the molecule is Cc1nn(C)c(C(=O)OCc2cc(F)cc(F)c2)c1N. The van der Waals surface area contributed by atoms with Crippen molar-refractivity contribution >= 4 is 11.7 Å². The highest BCUT2D eigenvalue weighted by Crippen LogP contribution is 2.17. The number of ether oxygens (including phenoxy) is 1. The molecule has 0 spiro atoms. The van der Waals surface area contributed by atoms with Gasteiger partial charge in [0.1, 0.15) is 18.2 Å². The lowest BCUT2D eigenvalue weighted by molar-refractivity contribution is 0.0460. The number of hydrogen-bond donors (Lipinski definition) is 1. The van der Waals surface area contributed by atoms with Gasteiger partial charge >= 0.3 is 5.97 Å². The Morgan fingerprint density at radius 3 is 2.45 bits per heavy atom. The van der Waals surface area contributed by atoms with Crippen LogP contribution >= 0.6 is 0 Å². The van der Waals surface area contributed by atoms with Crippen LogP contribution in [0.15, 0.2) is 18.2 Å². The Labute approximate surface area is 114 Å². The van der Waals surface area contributed by atoms with Crippen LogP contribution in [0, 0.1) is 18.6 Å². The molecule has 0 aliphatic heterocycles. The van der Waals surface area contributed by atoms with E-state index in [2.05, 4.69) is 5.10 Å². The van der Waals surface area contributed by atoms with Crippen LogP contribution in [0.1, 0.15) is 21.7 Å². The number of nitrogen functional groups attached to an aromatic ring is 1. The number of anilines is 1. The average molecular weight is 281 g/mol. The Morgan fingerprint density at radius 1 is 1.35 bits per heavy atom. The summed E-state index contributed by atoms with van der Waals surface area (Å²) in [6.07, 6.45) is 0.